The molecule has 0 aliphatic carbocycles. The summed E-state index contributed by atoms with van der Waals surface area (Å²) in [5, 5.41) is 7.51. The number of nitrogens with zero attached hydrogens (tertiary/aromatic N) is 2. The Morgan fingerprint density at radius 3 is 2.68 bits per heavy atom. The minimum absolute atomic E-state index is 0.341. The number of aromatic nitrogens is 2. The fraction of sp³-hybridized carbons (Fsp3) is 0.500. The van der Waals surface area contributed by atoms with Gasteiger partial charge in [0.2, 0.25) is 0 Å². The zero-order chi connectivity index (χ0) is 13.4. The Labute approximate surface area is 112 Å². The fourth-order valence-electron chi connectivity index (χ4n) is 2.64. The first-order valence-electron chi connectivity index (χ1n) is 6.77. The zero-order valence-electron chi connectivity index (χ0n) is 11.4. The van der Waals surface area contributed by atoms with E-state index in [2.05, 4.69) is 21.2 Å². The molecule has 0 bridgehead atoms. The van der Waals surface area contributed by atoms with Gasteiger partial charge in [-0.25, -0.2) is 0 Å². The van der Waals surface area contributed by atoms with Crippen LogP contribution in [0.1, 0.15) is 24.4 Å². The average Bonchev–Trinajstić information content (AvgIpc) is 2.97. The Bertz CT molecular complexity index is 564. The molecule has 1 fully saturated rings. The summed E-state index contributed by atoms with van der Waals surface area (Å²) < 4.78 is 5.56. The molecular weight excluding hydrogens is 240 g/mol. The number of hydrogen-bond acceptors (Lipinski definition) is 4. The molecule has 1 aliphatic heterocycles. The highest BCUT2D eigenvalue weighted by atomic mass is 16.3. The number of aryl methyl sites for hydroxylation is 2. The van der Waals surface area contributed by atoms with E-state index in [1.807, 2.05) is 19.9 Å². The summed E-state index contributed by atoms with van der Waals surface area (Å²) in [6.45, 7) is 5.90. The van der Waals surface area contributed by atoms with Crippen LogP contribution in [0.4, 0.5) is 5.82 Å². The lowest BCUT2D eigenvalue weighted by Gasteiger charge is -2.29. The van der Waals surface area contributed by atoms with Crippen molar-refractivity contribution >= 4 is 5.82 Å². The van der Waals surface area contributed by atoms with E-state index in [4.69, 9.17) is 10.2 Å². The monoisotopic (exact) mass is 260 g/mol. The molecule has 3 N–H and O–H groups in total. The van der Waals surface area contributed by atoms with Gasteiger partial charge < -0.3 is 15.1 Å². The van der Waals surface area contributed by atoms with Crippen LogP contribution in [0, 0.1) is 13.8 Å². The van der Waals surface area contributed by atoms with Crippen LogP contribution in [0.5, 0.6) is 0 Å². The summed E-state index contributed by atoms with van der Waals surface area (Å²) in [6.07, 6.45) is 2.07. The third-order valence-corrected chi connectivity index (χ3v) is 3.76. The Morgan fingerprint density at radius 2 is 2.05 bits per heavy atom. The quantitative estimate of drug-likeness (QED) is 0.868. The predicted molar refractivity (Wildman–Crippen MR) is 75.2 cm³/mol. The van der Waals surface area contributed by atoms with Crippen LogP contribution in [0.25, 0.3) is 11.3 Å². The molecule has 0 aromatic carbocycles. The van der Waals surface area contributed by atoms with Gasteiger partial charge in [0.1, 0.15) is 11.5 Å². The highest BCUT2D eigenvalue weighted by molar-refractivity contribution is 5.65. The van der Waals surface area contributed by atoms with Gasteiger partial charge in [0.15, 0.2) is 5.82 Å². The second kappa shape index (κ2) is 4.74. The van der Waals surface area contributed by atoms with Crippen molar-refractivity contribution in [2.75, 3.05) is 18.0 Å². The first kappa shape index (κ1) is 12.3. The van der Waals surface area contributed by atoms with E-state index in [0.717, 1.165) is 54.5 Å². The standard InChI is InChI=1S/C14H20N4O/c1-9-7-12(10(2)19-9)13-8-14(17-16-13)18-5-3-11(15)4-6-18/h7-8,11H,3-6,15H2,1-2H3,(H,16,17). The van der Waals surface area contributed by atoms with Gasteiger partial charge in [0.05, 0.1) is 5.69 Å². The second-order valence-electron chi connectivity index (χ2n) is 5.29. The van der Waals surface area contributed by atoms with Crippen LogP contribution in [-0.2, 0) is 0 Å². The van der Waals surface area contributed by atoms with E-state index in [-0.39, 0.29) is 0 Å². The molecule has 5 nitrogen and oxygen atoms in total. The van der Waals surface area contributed by atoms with Crippen LogP contribution in [0.15, 0.2) is 16.5 Å². The van der Waals surface area contributed by atoms with Crippen molar-refractivity contribution in [3.63, 3.8) is 0 Å². The first-order chi connectivity index (χ1) is 9.13. The number of piperidine rings is 1. The van der Waals surface area contributed by atoms with Crippen molar-refractivity contribution in [2.24, 2.45) is 5.73 Å². The van der Waals surface area contributed by atoms with Crippen molar-refractivity contribution in [1.29, 1.82) is 0 Å². The molecule has 0 unspecified atom stereocenters. The number of anilines is 1. The van der Waals surface area contributed by atoms with Gasteiger partial charge in [-0.15, -0.1) is 0 Å². The summed E-state index contributed by atoms with van der Waals surface area (Å²) in [4.78, 5) is 2.28. The molecule has 5 heteroatoms. The Hall–Kier alpha value is -1.75. The van der Waals surface area contributed by atoms with E-state index in [9.17, 15) is 0 Å². The van der Waals surface area contributed by atoms with Crippen LogP contribution in [0.2, 0.25) is 0 Å². The van der Waals surface area contributed by atoms with Crippen LogP contribution < -0.4 is 10.6 Å². The molecule has 2 aromatic heterocycles. The lowest BCUT2D eigenvalue weighted by Crippen LogP contribution is -2.39. The number of aromatic amines is 1. The van der Waals surface area contributed by atoms with E-state index in [1.54, 1.807) is 0 Å². The van der Waals surface area contributed by atoms with Gasteiger partial charge in [-0.1, -0.05) is 0 Å². The normalized spacial score (nSPS) is 17.1. The largest absolute Gasteiger partial charge is 0.466 e. The topological polar surface area (TPSA) is 71.1 Å². The van der Waals surface area contributed by atoms with Crippen LogP contribution >= 0.6 is 0 Å². The molecule has 3 rings (SSSR count). The number of nitrogens with one attached hydrogen (secondary N) is 1. The van der Waals surface area contributed by atoms with Gasteiger partial charge in [0, 0.05) is 30.8 Å². The SMILES string of the molecule is Cc1cc(-c2cc(N3CCC(N)CC3)n[nH]2)c(C)o1. The number of H-pyrrole nitrogens is 1. The molecule has 102 valence electrons. The molecule has 0 atom stereocenters. The Balaban J connectivity index is 1.81. The maximum absolute atomic E-state index is 5.93. The van der Waals surface area contributed by atoms with Crippen molar-refractivity contribution in [3.05, 3.63) is 23.7 Å². The number of nitrogens with two attached hydrogens (primary N) is 1. The van der Waals surface area contributed by atoms with Gasteiger partial charge in [-0.05, 0) is 32.8 Å². The van der Waals surface area contributed by atoms with Crippen molar-refractivity contribution < 1.29 is 4.42 Å². The summed E-state index contributed by atoms with van der Waals surface area (Å²) in [7, 11) is 0. The van der Waals surface area contributed by atoms with E-state index >= 15 is 0 Å². The van der Waals surface area contributed by atoms with E-state index in [0.29, 0.717) is 6.04 Å². The minimum Gasteiger partial charge on any atom is -0.466 e. The molecular formula is C14H20N4O. The van der Waals surface area contributed by atoms with E-state index < -0.39 is 0 Å². The lowest BCUT2D eigenvalue weighted by atomic mass is 10.1. The maximum atomic E-state index is 5.93. The van der Waals surface area contributed by atoms with Gasteiger partial charge in [-0.2, -0.15) is 5.10 Å². The Morgan fingerprint density at radius 1 is 1.32 bits per heavy atom. The molecule has 2 aromatic rings. The maximum Gasteiger partial charge on any atom is 0.150 e. The van der Waals surface area contributed by atoms with E-state index in [1.165, 1.54) is 0 Å². The van der Waals surface area contributed by atoms with Crippen molar-refractivity contribution in [1.82, 2.24) is 10.2 Å². The zero-order valence-corrected chi connectivity index (χ0v) is 11.4. The van der Waals surface area contributed by atoms with Crippen LogP contribution in [0.3, 0.4) is 0 Å². The van der Waals surface area contributed by atoms with Crippen molar-refractivity contribution in [2.45, 2.75) is 32.7 Å². The highest BCUT2D eigenvalue weighted by Gasteiger charge is 2.19. The summed E-state index contributed by atoms with van der Waals surface area (Å²) in [5.41, 5.74) is 8.03. The third kappa shape index (κ3) is 2.38. The molecule has 1 saturated heterocycles. The second-order valence-corrected chi connectivity index (χ2v) is 5.29. The number of hydrogen-bond donors (Lipinski definition) is 2. The lowest BCUT2D eigenvalue weighted by molar-refractivity contribution is 0.498. The Kier molecular flexibility index (Phi) is 3.06. The molecule has 0 saturated carbocycles. The summed E-state index contributed by atoms with van der Waals surface area (Å²) in [5.74, 6) is 2.85. The first-order valence-corrected chi connectivity index (χ1v) is 6.77. The molecule has 0 spiro atoms. The fourth-order valence-corrected chi connectivity index (χ4v) is 2.64. The number of furan rings is 1. The number of rotatable bonds is 2. The molecule has 0 amide bonds. The predicted octanol–water partition coefficient (Wildman–Crippen LogP) is 2.21. The highest BCUT2D eigenvalue weighted by Crippen LogP contribution is 2.28. The van der Waals surface area contributed by atoms with Gasteiger partial charge in [0.25, 0.3) is 0 Å². The van der Waals surface area contributed by atoms with Gasteiger partial charge >= 0.3 is 0 Å². The average molecular weight is 260 g/mol. The molecule has 19 heavy (non-hydrogen) atoms. The van der Waals surface area contributed by atoms with Gasteiger partial charge in [-0.3, -0.25) is 5.10 Å². The minimum atomic E-state index is 0.341. The molecule has 0 radical (unpaired) electrons. The summed E-state index contributed by atoms with van der Waals surface area (Å²) in [6, 6.07) is 4.47. The molecule has 1 aliphatic rings. The summed E-state index contributed by atoms with van der Waals surface area (Å²) >= 11 is 0. The third-order valence-electron chi connectivity index (χ3n) is 3.76. The van der Waals surface area contributed by atoms with Crippen molar-refractivity contribution in [3.8, 4) is 11.3 Å². The smallest absolute Gasteiger partial charge is 0.150 e. The van der Waals surface area contributed by atoms with Crippen LogP contribution in [-0.4, -0.2) is 29.3 Å². The molecule has 3 heterocycles.